The van der Waals surface area contributed by atoms with Gasteiger partial charge in [-0.05, 0) is 6.07 Å². The van der Waals surface area contributed by atoms with Gasteiger partial charge in [0.15, 0.2) is 11.4 Å². The molecule has 0 atom stereocenters. The minimum Gasteiger partial charge on any atom is -1.00 e. The molecular formula is C17H18ClN3O2. The summed E-state index contributed by atoms with van der Waals surface area (Å²) in [6, 6.07) is 13.9. The van der Waals surface area contributed by atoms with E-state index < -0.39 is 0 Å². The van der Waals surface area contributed by atoms with Crippen LogP contribution in [-0.4, -0.2) is 29.7 Å². The fourth-order valence-electron chi connectivity index (χ4n) is 2.35. The normalized spacial score (nSPS) is 10.2. The lowest BCUT2D eigenvalue weighted by Gasteiger charge is -2.09. The molecule has 2 aromatic heterocycles. The topological polar surface area (TPSA) is 38.6 Å². The van der Waals surface area contributed by atoms with Crippen molar-refractivity contribution in [1.29, 1.82) is 0 Å². The molecule has 0 aliphatic heterocycles. The number of amides is 1. The average molecular weight is 332 g/mol. The number of hydrogen-bond donors (Lipinski definition) is 0. The third-order valence-corrected chi connectivity index (χ3v) is 3.53. The molecule has 0 unspecified atom stereocenters. The van der Waals surface area contributed by atoms with Gasteiger partial charge in [-0.3, -0.25) is 0 Å². The molecule has 1 aromatic carbocycles. The molecule has 3 aromatic rings. The first-order chi connectivity index (χ1) is 10.6. The highest BCUT2D eigenvalue weighted by molar-refractivity contribution is 5.70. The number of aryl methyl sites for hydroxylation is 1. The van der Waals surface area contributed by atoms with E-state index in [-0.39, 0.29) is 18.5 Å². The highest BCUT2D eigenvalue weighted by Crippen LogP contribution is 2.20. The lowest BCUT2D eigenvalue weighted by molar-refractivity contribution is -0.510. The van der Waals surface area contributed by atoms with Crippen molar-refractivity contribution in [3.05, 3.63) is 54.9 Å². The Kier molecular flexibility index (Phi) is 4.91. The zero-order valence-corrected chi connectivity index (χ0v) is 14.0. The molecule has 0 bridgehead atoms. The molecule has 0 N–H and O–H groups in total. The summed E-state index contributed by atoms with van der Waals surface area (Å²) in [7, 11) is 5.33. The van der Waals surface area contributed by atoms with Crippen LogP contribution in [-0.2, 0) is 7.05 Å². The van der Waals surface area contributed by atoms with E-state index in [1.165, 1.54) is 4.90 Å². The largest absolute Gasteiger partial charge is 1.00 e. The molecule has 0 spiro atoms. The van der Waals surface area contributed by atoms with Crippen molar-refractivity contribution < 1.29 is 26.3 Å². The molecule has 0 radical (unpaired) electrons. The number of nitrogens with zero attached hydrogens (tertiary/aromatic N) is 3. The number of fused-ring (bicyclic) bond motifs is 1. The molecule has 5 nitrogen and oxygen atoms in total. The maximum absolute atomic E-state index is 11.6. The Labute approximate surface area is 141 Å². The van der Waals surface area contributed by atoms with Crippen molar-refractivity contribution in [3.8, 4) is 17.0 Å². The molecular weight excluding hydrogens is 314 g/mol. The van der Waals surface area contributed by atoms with Crippen LogP contribution in [0.15, 0.2) is 54.9 Å². The number of carbonyl (C=O) groups is 1. The van der Waals surface area contributed by atoms with Gasteiger partial charge in [0.05, 0.1) is 7.05 Å². The molecule has 0 fully saturated rings. The number of ether oxygens (including phenoxy) is 1. The first-order valence-electron chi connectivity index (χ1n) is 7.01. The SMILES string of the molecule is CN(C)C(=O)Oc1ccc2n(C)c(-c3ccccc3)c[n+]2c1.[Cl-]. The molecule has 0 aliphatic carbocycles. The van der Waals surface area contributed by atoms with Crippen LogP contribution in [0.3, 0.4) is 0 Å². The first-order valence-corrected chi connectivity index (χ1v) is 7.01. The van der Waals surface area contributed by atoms with Crippen LogP contribution in [0, 0.1) is 0 Å². The standard InChI is InChI=1S/C17H18N3O2.ClH/c1-18(2)17(21)22-14-9-10-16-19(3)15(12-20(16)11-14)13-7-5-4-6-8-13;/h4-12H,1-3H3;1H/q+1;/p-1. The Hall–Kier alpha value is -2.53. The second-order valence-electron chi connectivity index (χ2n) is 5.33. The Morgan fingerprint density at radius 1 is 1.09 bits per heavy atom. The molecule has 3 rings (SSSR count). The summed E-state index contributed by atoms with van der Waals surface area (Å²) in [5.74, 6) is 0.515. The summed E-state index contributed by atoms with van der Waals surface area (Å²) < 4.78 is 9.36. The van der Waals surface area contributed by atoms with Crippen LogP contribution in [0.1, 0.15) is 0 Å². The van der Waals surface area contributed by atoms with Gasteiger partial charge in [-0.15, -0.1) is 0 Å². The quantitative estimate of drug-likeness (QED) is 0.594. The van der Waals surface area contributed by atoms with Gasteiger partial charge < -0.3 is 22.0 Å². The van der Waals surface area contributed by atoms with Crippen LogP contribution in [0.4, 0.5) is 4.79 Å². The van der Waals surface area contributed by atoms with Crippen molar-refractivity contribution in [2.24, 2.45) is 7.05 Å². The van der Waals surface area contributed by atoms with E-state index in [1.54, 1.807) is 20.2 Å². The fourth-order valence-corrected chi connectivity index (χ4v) is 2.35. The third kappa shape index (κ3) is 3.29. The summed E-state index contributed by atoms with van der Waals surface area (Å²) >= 11 is 0. The monoisotopic (exact) mass is 331 g/mol. The zero-order valence-electron chi connectivity index (χ0n) is 13.2. The van der Waals surface area contributed by atoms with Gasteiger partial charge in [0.25, 0.3) is 5.65 Å². The maximum Gasteiger partial charge on any atom is 0.414 e. The number of benzene rings is 1. The second-order valence-corrected chi connectivity index (χ2v) is 5.33. The van der Waals surface area contributed by atoms with E-state index in [4.69, 9.17) is 4.74 Å². The highest BCUT2D eigenvalue weighted by atomic mass is 35.5. The maximum atomic E-state index is 11.6. The average Bonchev–Trinajstić information content (AvgIpc) is 2.84. The van der Waals surface area contributed by atoms with E-state index in [2.05, 4.69) is 16.7 Å². The number of pyridine rings is 1. The number of imidazole rings is 1. The molecule has 6 heteroatoms. The van der Waals surface area contributed by atoms with Crippen molar-refractivity contribution >= 4 is 11.7 Å². The van der Waals surface area contributed by atoms with Crippen LogP contribution in [0.2, 0.25) is 0 Å². The predicted molar refractivity (Wildman–Crippen MR) is 83.7 cm³/mol. The molecule has 120 valence electrons. The Balaban J connectivity index is 0.00000192. The van der Waals surface area contributed by atoms with E-state index in [1.807, 2.05) is 48.1 Å². The summed E-state index contributed by atoms with van der Waals surface area (Å²) in [6.07, 6.45) is 3.44. The van der Waals surface area contributed by atoms with Gasteiger partial charge in [-0.25, -0.2) is 9.36 Å². The molecule has 0 saturated heterocycles. The minimum absolute atomic E-state index is 0. The lowest BCUT2D eigenvalue weighted by atomic mass is 10.2. The Bertz CT molecular complexity index is 828. The van der Waals surface area contributed by atoms with Crippen LogP contribution >= 0.6 is 0 Å². The number of hydrogen-bond acceptors (Lipinski definition) is 2. The van der Waals surface area contributed by atoms with Gasteiger partial charge in [0, 0.05) is 25.7 Å². The summed E-state index contributed by atoms with van der Waals surface area (Å²) in [5.41, 5.74) is 3.25. The molecule has 23 heavy (non-hydrogen) atoms. The Morgan fingerprint density at radius 2 is 1.78 bits per heavy atom. The fraction of sp³-hybridized carbons (Fsp3) is 0.176. The van der Waals surface area contributed by atoms with Crippen LogP contribution < -0.4 is 21.5 Å². The molecule has 0 saturated carbocycles. The summed E-state index contributed by atoms with van der Waals surface area (Å²) in [4.78, 5) is 13.0. The third-order valence-electron chi connectivity index (χ3n) is 3.53. The summed E-state index contributed by atoms with van der Waals surface area (Å²) in [6.45, 7) is 0. The number of rotatable bonds is 2. The van der Waals surface area contributed by atoms with Gasteiger partial charge in [0.2, 0.25) is 0 Å². The van der Waals surface area contributed by atoms with Crippen LogP contribution in [0.5, 0.6) is 5.75 Å². The molecule has 0 aliphatic rings. The predicted octanol–water partition coefficient (Wildman–Crippen LogP) is -0.505. The van der Waals surface area contributed by atoms with E-state index in [0.29, 0.717) is 5.75 Å². The van der Waals surface area contributed by atoms with Gasteiger partial charge in [-0.2, -0.15) is 4.40 Å². The number of aromatic nitrogens is 2. The molecule has 1 amide bonds. The minimum atomic E-state index is -0.390. The number of halogens is 1. The van der Waals surface area contributed by atoms with Gasteiger partial charge in [0.1, 0.15) is 12.4 Å². The lowest BCUT2D eigenvalue weighted by Crippen LogP contribution is -3.00. The molecule has 2 heterocycles. The van der Waals surface area contributed by atoms with Crippen molar-refractivity contribution in [2.45, 2.75) is 0 Å². The Morgan fingerprint density at radius 3 is 2.43 bits per heavy atom. The van der Waals surface area contributed by atoms with Gasteiger partial charge >= 0.3 is 6.09 Å². The summed E-state index contributed by atoms with van der Waals surface area (Å²) in [5, 5.41) is 0. The second kappa shape index (κ2) is 6.71. The van der Waals surface area contributed by atoms with Crippen molar-refractivity contribution in [3.63, 3.8) is 0 Å². The van der Waals surface area contributed by atoms with Crippen LogP contribution in [0.25, 0.3) is 16.9 Å². The van der Waals surface area contributed by atoms with Crippen molar-refractivity contribution in [2.75, 3.05) is 14.1 Å². The van der Waals surface area contributed by atoms with E-state index in [0.717, 1.165) is 16.9 Å². The first kappa shape index (κ1) is 16.8. The van der Waals surface area contributed by atoms with Crippen molar-refractivity contribution in [1.82, 2.24) is 9.47 Å². The van der Waals surface area contributed by atoms with Gasteiger partial charge in [-0.1, -0.05) is 30.3 Å². The smallest absolute Gasteiger partial charge is 0.414 e. The highest BCUT2D eigenvalue weighted by Gasteiger charge is 2.17. The van der Waals surface area contributed by atoms with E-state index >= 15 is 0 Å². The number of carbonyl (C=O) groups excluding carboxylic acids is 1. The zero-order chi connectivity index (χ0) is 15.7. The van der Waals surface area contributed by atoms with E-state index in [9.17, 15) is 4.79 Å².